The van der Waals surface area contributed by atoms with Crippen molar-refractivity contribution in [3.8, 4) is 0 Å². The summed E-state index contributed by atoms with van der Waals surface area (Å²) >= 11 is 0. The van der Waals surface area contributed by atoms with E-state index in [1.807, 2.05) is 27.7 Å². The van der Waals surface area contributed by atoms with Crippen LogP contribution in [0.4, 0.5) is 9.59 Å². The van der Waals surface area contributed by atoms with E-state index < -0.39 is 24.4 Å². The van der Waals surface area contributed by atoms with E-state index in [0.717, 1.165) is 0 Å². The number of carbonyl (C=O) groups excluding carboxylic acids is 3. The molecular formula is C15H26O7. The summed E-state index contributed by atoms with van der Waals surface area (Å²) in [7, 11) is 0. The lowest BCUT2D eigenvalue weighted by molar-refractivity contribution is -0.153. The van der Waals surface area contributed by atoms with Gasteiger partial charge in [-0.15, -0.1) is 0 Å². The van der Waals surface area contributed by atoms with Crippen LogP contribution >= 0.6 is 0 Å². The van der Waals surface area contributed by atoms with Gasteiger partial charge < -0.3 is 18.9 Å². The molecule has 0 bridgehead atoms. The van der Waals surface area contributed by atoms with E-state index >= 15 is 0 Å². The molecule has 0 unspecified atom stereocenters. The van der Waals surface area contributed by atoms with Crippen molar-refractivity contribution in [2.45, 2.75) is 47.6 Å². The normalized spacial score (nSPS) is 12.2. The van der Waals surface area contributed by atoms with E-state index in [4.69, 9.17) is 14.2 Å². The fourth-order valence-electron chi connectivity index (χ4n) is 1.23. The van der Waals surface area contributed by atoms with Crippen molar-refractivity contribution in [3.05, 3.63) is 0 Å². The van der Waals surface area contributed by atoms with Crippen LogP contribution in [0.25, 0.3) is 0 Å². The highest BCUT2D eigenvalue weighted by molar-refractivity contribution is 5.86. The van der Waals surface area contributed by atoms with Crippen molar-refractivity contribution in [1.82, 2.24) is 0 Å². The van der Waals surface area contributed by atoms with Crippen LogP contribution in [0.2, 0.25) is 0 Å². The van der Waals surface area contributed by atoms with E-state index in [9.17, 15) is 14.4 Å². The molecule has 0 aliphatic rings. The van der Waals surface area contributed by atoms with Gasteiger partial charge >= 0.3 is 18.3 Å². The van der Waals surface area contributed by atoms with Crippen molar-refractivity contribution in [1.29, 1.82) is 0 Å². The third-order valence-electron chi connectivity index (χ3n) is 2.31. The Morgan fingerprint density at radius 3 is 1.64 bits per heavy atom. The highest BCUT2D eigenvalue weighted by Crippen LogP contribution is 2.11. The summed E-state index contributed by atoms with van der Waals surface area (Å²) < 4.78 is 19.0. The predicted octanol–water partition coefficient (Wildman–Crippen LogP) is 3.16. The van der Waals surface area contributed by atoms with Crippen LogP contribution in [0, 0.1) is 17.8 Å². The first kappa shape index (κ1) is 20.2. The second kappa shape index (κ2) is 10.0. The second-order valence-electron chi connectivity index (χ2n) is 6.11. The molecular weight excluding hydrogens is 292 g/mol. The molecule has 0 aromatic rings. The van der Waals surface area contributed by atoms with Crippen LogP contribution in [-0.4, -0.2) is 37.6 Å². The first-order chi connectivity index (χ1) is 10.1. The molecule has 0 heterocycles. The summed E-state index contributed by atoms with van der Waals surface area (Å²) in [6.45, 7) is 11.0. The van der Waals surface area contributed by atoms with Gasteiger partial charge in [-0.2, -0.15) is 0 Å². The summed E-state index contributed by atoms with van der Waals surface area (Å²) in [6, 6.07) is 0. The Bertz CT molecular complexity index is 374. The van der Waals surface area contributed by atoms with Crippen LogP contribution in [-0.2, 0) is 23.7 Å². The minimum atomic E-state index is -1.23. The van der Waals surface area contributed by atoms with E-state index in [-0.39, 0.29) is 31.0 Å². The van der Waals surface area contributed by atoms with E-state index in [1.54, 1.807) is 13.8 Å². The van der Waals surface area contributed by atoms with Gasteiger partial charge in [0.15, 0.2) is 0 Å². The Hall–Kier alpha value is -1.79. The Kier molecular flexibility index (Phi) is 9.21. The second-order valence-corrected chi connectivity index (χ2v) is 6.11. The first-order valence-corrected chi connectivity index (χ1v) is 7.35. The highest BCUT2D eigenvalue weighted by Gasteiger charge is 2.31. The maximum Gasteiger partial charge on any atom is 0.516 e. The summed E-state index contributed by atoms with van der Waals surface area (Å²) in [5, 5.41) is 0. The summed E-state index contributed by atoms with van der Waals surface area (Å²) in [4.78, 5) is 34.7. The lowest BCUT2D eigenvalue weighted by atomic mass is 10.1. The first-order valence-electron chi connectivity index (χ1n) is 7.35. The highest BCUT2D eigenvalue weighted by atomic mass is 16.8. The zero-order valence-corrected chi connectivity index (χ0v) is 14.1. The molecule has 0 aromatic carbocycles. The SMILES string of the molecule is CC(C)COC(=O)OC(=O)[C@@H](OC(=O)OCC(C)C)C(C)C. The third kappa shape index (κ3) is 9.20. The maximum absolute atomic E-state index is 11.9. The maximum atomic E-state index is 11.9. The Morgan fingerprint density at radius 2 is 1.23 bits per heavy atom. The fourth-order valence-corrected chi connectivity index (χ4v) is 1.23. The fraction of sp³-hybridized carbons (Fsp3) is 0.800. The van der Waals surface area contributed by atoms with Crippen LogP contribution in [0.5, 0.6) is 0 Å². The van der Waals surface area contributed by atoms with Crippen LogP contribution in [0.15, 0.2) is 0 Å². The van der Waals surface area contributed by atoms with Crippen molar-refractivity contribution in [2.75, 3.05) is 13.2 Å². The Balaban J connectivity index is 4.45. The zero-order valence-electron chi connectivity index (χ0n) is 14.1. The molecule has 0 amide bonds. The number of esters is 1. The average Bonchev–Trinajstić information content (AvgIpc) is 2.39. The molecule has 0 fully saturated rings. The van der Waals surface area contributed by atoms with Gasteiger partial charge in [0.25, 0.3) is 0 Å². The molecule has 0 saturated heterocycles. The average molecular weight is 318 g/mol. The molecule has 128 valence electrons. The molecule has 0 rings (SSSR count). The van der Waals surface area contributed by atoms with E-state index in [2.05, 4.69) is 4.74 Å². The molecule has 7 nitrogen and oxygen atoms in total. The molecule has 0 radical (unpaired) electrons. The topological polar surface area (TPSA) is 88.1 Å². The number of hydrogen-bond donors (Lipinski definition) is 0. The molecule has 0 aromatic heterocycles. The van der Waals surface area contributed by atoms with Gasteiger partial charge in [0.1, 0.15) is 0 Å². The van der Waals surface area contributed by atoms with Gasteiger partial charge in [0.2, 0.25) is 6.10 Å². The molecule has 1 atom stereocenters. The Labute approximate surface area is 131 Å². The molecule has 7 heteroatoms. The van der Waals surface area contributed by atoms with E-state index in [0.29, 0.717) is 0 Å². The van der Waals surface area contributed by atoms with Crippen molar-refractivity contribution >= 4 is 18.3 Å². The summed E-state index contributed by atoms with van der Waals surface area (Å²) in [5.41, 5.74) is 0. The van der Waals surface area contributed by atoms with Gasteiger partial charge in [0.05, 0.1) is 13.2 Å². The van der Waals surface area contributed by atoms with Gasteiger partial charge in [-0.05, 0) is 11.8 Å². The minimum Gasteiger partial charge on any atom is -0.434 e. The predicted molar refractivity (Wildman–Crippen MR) is 78.2 cm³/mol. The van der Waals surface area contributed by atoms with Crippen LogP contribution in [0.3, 0.4) is 0 Å². The molecule has 0 aliphatic carbocycles. The van der Waals surface area contributed by atoms with Gasteiger partial charge in [0, 0.05) is 5.92 Å². The Morgan fingerprint density at radius 1 is 0.773 bits per heavy atom. The standard InChI is InChI=1S/C15H26O7/c1-9(2)7-19-14(17)21-12(11(5)6)13(16)22-15(18)20-8-10(3)4/h9-12H,7-8H2,1-6H3/t12-/m0/s1. The van der Waals surface area contributed by atoms with Crippen molar-refractivity contribution in [2.24, 2.45) is 17.8 Å². The largest absolute Gasteiger partial charge is 0.516 e. The zero-order chi connectivity index (χ0) is 17.3. The van der Waals surface area contributed by atoms with Gasteiger partial charge in [-0.3, -0.25) is 0 Å². The number of rotatable bonds is 7. The molecule has 0 saturated carbocycles. The van der Waals surface area contributed by atoms with E-state index in [1.165, 1.54) is 0 Å². The number of ether oxygens (including phenoxy) is 4. The van der Waals surface area contributed by atoms with Crippen LogP contribution in [0.1, 0.15) is 41.5 Å². The molecule has 0 aliphatic heterocycles. The quantitative estimate of drug-likeness (QED) is 0.526. The number of carbonyl (C=O) groups is 3. The van der Waals surface area contributed by atoms with Crippen molar-refractivity contribution < 1.29 is 33.3 Å². The number of hydrogen-bond acceptors (Lipinski definition) is 7. The molecule has 22 heavy (non-hydrogen) atoms. The van der Waals surface area contributed by atoms with Crippen molar-refractivity contribution in [3.63, 3.8) is 0 Å². The molecule has 0 N–H and O–H groups in total. The third-order valence-corrected chi connectivity index (χ3v) is 2.31. The minimum absolute atomic E-state index is 0.116. The summed E-state index contributed by atoms with van der Waals surface area (Å²) in [5.74, 6) is -1.10. The van der Waals surface area contributed by atoms with Gasteiger partial charge in [-0.25, -0.2) is 14.4 Å². The van der Waals surface area contributed by atoms with Gasteiger partial charge in [-0.1, -0.05) is 41.5 Å². The molecule has 0 spiro atoms. The summed E-state index contributed by atoms with van der Waals surface area (Å²) in [6.07, 6.45) is -3.31. The monoisotopic (exact) mass is 318 g/mol. The van der Waals surface area contributed by atoms with Crippen LogP contribution < -0.4 is 0 Å². The lowest BCUT2D eigenvalue weighted by Gasteiger charge is -2.19. The smallest absolute Gasteiger partial charge is 0.434 e. The lowest BCUT2D eigenvalue weighted by Crippen LogP contribution is -2.35.